The number of fused-ring (bicyclic) bond motifs is 1. The van der Waals surface area contributed by atoms with Crippen LogP contribution < -0.4 is 5.48 Å². The molecule has 0 radical (unpaired) electrons. The van der Waals surface area contributed by atoms with Crippen molar-refractivity contribution in [1.29, 1.82) is 0 Å². The molecule has 1 heterocycles. The lowest BCUT2D eigenvalue weighted by atomic mass is 9.87. The van der Waals surface area contributed by atoms with E-state index in [4.69, 9.17) is 9.94 Å². The lowest BCUT2D eigenvalue weighted by Gasteiger charge is -2.28. The number of amides is 1. The van der Waals surface area contributed by atoms with E-state index in [0.29, 0.717) is 26.1 Å². The van der Waals surface area contributed by atoms with E-state index in [2.05, 4.69) is 0 Å². The van der Waals surface area contributed by atoms with Gasteiger partial charge < -0.3 is 4.74 Å². The van der Waals surface area contributed by atoms with E-state index in [1.807, 2.05) is 24.3 Å². The zero-order valence-corrected chi connectivity index (χ0v) is 14.5. The minimum absolute atomic E-state index is 0.129. The van der Waals surface area contributed by atoms with Gasteiger partial charge in [0.25, 0.3) is 0 Å². The molecule has 0 aliphatic carbocycles. The Hall–Kier alpha value is -1.96. The van der Waals surface area contributed by atoms with Crippen LogP contribution in [0.1, 0.15) is 12.8 Å². The van der Waals surface area contributed by atoms with Crippen molar-refractivity contribution < 1.29 is 23.2 Å². The molecule has 2 aromatic carbocycles. The molecule has 0 saturated carbocycles. The van der Waals surface area contributed by atoms with Gasteiger partial charge in [0.1, 0.15) is 0 Å². The highest BCUT2D eigenvalue weighted by Gasteiger charge is 2.34. The molecule has 0 spiro atoms. The highest BCUT2D eigenvalue weighted by molar-refractivity contribution is 7.91. The standard InChI is InChI=1S/C18H21NO5S/c20-18(19-21)17(14-7-9-24-10-8-14)12-25(22,23)16-6-5-13-3-1-2-4-15(13)11-16/h1-6,11,14,17,21H,7-10,12H2,(H,19,20). The van der Waals surface area contributed by atoms with Crippen molar-refractivity contribution >= 4 is 26.5 Å². The summed E-state index contributed by atoms with van der Waals surface area (Å²) in [5.41, 5.74) is 1.62. The van der Waals surface area contributed by atoms with Crippen molar-refractivity contribution in [3.8, 4) is 0 Å². The average molecular weight is 363 g/mol. The molecule has 1 amide bonds. The monoisotopic (exact) mass is 363 g/mol. The number of nitrogens with one attached hydrogen (secondary N) is 1. The van der Waals surface area contributed by atoms with Gasteiger partial charge in [0, 0.05) is 13.2 Å². The molecule has 0 bridgehead atoms. The number of hydrogen-bond acceptors (Lipinski definition) is 5. The van der Waals surface area contributed by atoms with Gasteiger partial charge >= 0.3 is 0 Å². The van der Waals surface area contributed by atoms with Crippen molar-refractivity contribution in [1.82, 2.24) is 5.48 Å². The Balaban J connectivity index is 1.89. The number of sulfone groups is 1. The highest BCUT2D eigenvalue weighted by atomic mass is 32.2. The second-order valence-corrected chi connectivity index (χ2v) is 8.36. The predicted molar refractivity (Wildman–Crippen MR) is 93.0 cm³/mol. The Kier molecular flexibility index (Phi) is 5.36. The molecule has 7 heteroatoms. The largest absolute Gasteiger partial charge is 0.381 e. The first-order valence-electron chi connectivity index (χ1n) is 8.24. The number of hydroxylamine groups is 1. The quantitative estimate of drug-likeness (QED) is 0.627. The normalized spacial score (nSPS) is 17.3. The van der Waals surface area contributed by atoms with E-state index in [9.17, 15) is 13.2 Å². The van der Waals surface area contributed by atoms with Gasteiger partial charge in [0.15, 0.2) is 9.84 Å². The maximum Gasteiger partial charge on any atom is 0.247 e. The first-order valence-corrected chi connectivity index (χ1v) is 9.90. The lowest BCUT2D eigenvalue weighted by molar-refractivity contribution is -0.135. The van der Waals surface area contributed by atoms with E-state index in [1.165, 1.54) is 0 Å². The van der Waals surface area contributed by atoms with Crippen LogP contribution in [0.15, 0.2) is 47.4 Å². The van der Waals surface area contributed by atoms with Crippen LogP contribution in [0.25, 0.3) is 10.8 Å². The van der Waals surface area contributed by atoms with Gasteiger partial charge in [-0.25, -0.2) is 13.9 Å². The maximum atomic E-state index is 12.9. The third-order valence-corrected chi connectivity index (χ3v) is 6.53. The molecule has 25 heavy (non-hydrogen) atoms. The summed E-state index contributed by atoms with van der Waals surface area (Å²) in [5.74, 6) is -1.92. The van der Waals surface area contributed by atoms with Gasteiger partial charge in [-0.1, -0.05) is 30.3 Å². The van der Waals surface area contributed by atoms with E-state index in [-0.39, 0.29) is 16.6 Å². The minimum atomic E-state index is -3.67. The number of carbonyl (C=O) groups excluding carboxylic acids is 1. The molecule has 1 unspecified atom stereocenters. The van der Waals surface area contributed by atoms with Crippen LogP contribution in [0.3, 0.4) is 0 Å². The van der Waals surface area contributed by atoms with Gasteiger partial charge in [-0.2, -0.15) is 0 Å². The molecule has 2 N–H and O–H groups in total. The van der Waals surface area contributed by atoms with Crippen LogP contribution >= 0.6 is 0 Å². The molecule has 1 aliphatic heterocycles. The van der Waals surface area contributed by atoms with Crippen molar-refractivity contribution in [3.05, 3.63) is 42.5 Å². The average Bonchev–Trinajstić information content (AvgIpc) is 2.66. The third-order valence-electron chi connectivity index (χ3n) is 4.76. The molecule has 2 aromatic rings. The summed E-state index contributed by atoms with van der Waals surface area (Å²) >= 11 is 0. The number of rotatable bonds is 5. The smallest absolute Gasteiger partial charge is 0.247 e. The highest BCUT2D eigenvalue weighted by Crippen LogP contribution is 2.28. The summed E-state index contributed by atoms with van der Waals surface area (Å²) < 4.78 is 31.0. The molecule has 0 aromatic heterocycles. The fourth-order valence-electron chi connectivity index (χ4n) is 3.32. The summed E-state index contributed by atoms with van der Waals surface area (Å²) in [7, 11) is -3.67. The summed E-state index contributed by atoms with van der Waals surface area (Å²) in [6.45, 7) is 0.992. The number of carbonyl (C=O) groups is 1. The van der Waals surface area contributed by atoms with E-state index in [0.717, 1.165) is 10.8 Å². The van der Waals surface area contributed by atoms with E-state index >= 15 is 0 Å². The van der Waals surface area contributed by atoms with Crippen molar-refractivity contribution in [2.75, 3.05) is 19.0 Å². The zero-order chi connectivity index (χ0) is 17.9. The Morgan fingerprint density at radius 3 is 2.52 bits per heavy atom. The summed E-state index contributed by atoms with van der Waals surface area (Å²) in [4.78, 5) is 12.3. The summed E-state index contributed by atoms with van der Waals surface area (Å²) in [5, 5.41) is 10.8. The molecule has 1 aliphatic rings. The molecule has 3 rings (SSSR count). The Morgan fingerprint density at radius 2 is 1.84 bits per heavy atom. The second kappa shape index (κ2) is 7.51. The Bertz CT molecular complexity index is 859. The molecule has 1 atom stereocenters. The molecular weight excluding hydrogens is 342 g/mol. The number of ether oxygens (including phenoxy) is 1. The molecule has 6 nitrogen and oxygen atoms in total. The van der Waals surface area contributed by atoms with Crippen LogP contribution in [0.2, 0.25) is 0 Å². The van der Waals surface area contributed by atoms with Crippen molar-refractivity contribution in [2.45, 2.75) is 17.7 Å². The number of hydrogen-bond donors (Lipinski definition) is 2. The van der Waals surface area contributed by atoms with Crippen LogP contribution in [-0.4, -0.2) is 38.5 Å². The molecular formula is C18H21NO5S. The SMILES string of the molecule is O=C(NO)C(CS(=O)(=O)c1ccc2ccccc2c1)C1CCOCC1. The van der Waals surface area contributed by atoms with E-state index in [1.54, 1.807) is 23.7 Å². The Morgan fingerprint density at radius 1 is 1.16 bits per heavy atom. The zero-order valence-electron chi connectivity index (χ0n) is 13.7. The summed E-state index contributed by atoms with van der Waals surface area (Å²) in [6, 6.07) is 12.5. The lowest BCUT2D eigenvalue weighted by Crippen LogP contribution is -2.39. The molecule has 1 fully saturated rings. The topological polar surface area (TPSA) is 92.7 Å². The second-order valence-electron chi connectivity index (χ2n) is 6.32. The van der Waals surface area contributed by atoms with Gasteiger partial charge in [-0.15, -0.1) is 0 Å². The van der Waals surface area contributed by atoms with Crippen LogP contribution in [0, 0.1) is 11.8 Å². The maximum absolute atomic E-state index is 12.9. The van der Waals surface area contributed by atoms with Crippen molar-refractivity contribution in [2.24, 2.45) is 11.8 Å². The fourth-order valence-corrected chi connectivity index (χ4v) is 4.99. The number of benzene rings is 2. The first-order chi connectivity index (χ1) is 12.0. The van der Waals surface area contributed by atoms with Gasteiger partial charge in [0.2, 0.25) is 5.91 Å². The molecule has 134 valence electrons. The van der Waals surface area contributed by atoms with Crippen molar-refractivity contribution in [3.63, 3.8) is 0 Å². The minimum Gasteiger partial charge on any atom is -0.381 e. The van der Waals surface area contributed by atoms with Gasteiger partial charge in [-0.3, -0.25) is 10.0 Å². The van der Waals surface area contributed by atoms with Crippen LogP contribution in [0.5, 0.6) is 0 Å². The van der Waals surface area contributed by atoms with Crippen LogP contribution in [-0.2, 0) is 19.4 Å². The predicted octanol–water partition coefficient (Wildman–Crippen LogP) is 2.16. The third kappa shape index (κ3) is 4.00. The Labute approximate surface area is 146 Å². The van der Waals surface area contributed by atoms with Gasteiger partial charge in [0.05, 0.1) is 16.6 Å². The van der Waals surface area contributed by atoms with E-state index < -0.39 is 21.7 Å². The fraction of sp³-hybridized carbons (Fsp3) is 0.389. The first kappa shape index (κ1) is 17.8. The molecule has 1 saturated heterocycles. The van der Waals surface area contributed by atoms with Crippen LogP contribution in [0.4, 0.5) is 0 Å². The van der Waals surface area contributed by atoms with Gasteiger partial charge in [-0.05, 0) is 41.7 Å². The summed E-state index contributed by atoms with van der Waals surface area (Å²) in [6.07, 6.45) is 1.21.